The number of carbonyl (C=O) groups excluding carboxylic acids is 2. The van der Waals surface area contributed by atoms with Crippen molar-refractivity contribution in [3.8, 4) is 0 Å². The van der Waals surface area contributed by atoms with Gasteiger partial charge in [0.15, 0.2) is 0 Å². The third-order valence-electron chi connectivity index (χ3n) is 5.60. The Labute approximate surface area is 183 Å². The molecule has 0 aliphatic carbocycles. The molecule has 2 aromatic carbocycles. The molecule has 1 saturated heterocycles. The van der Waals surface area contributed by atoms with Gasteiger partial charge in [-0.2, -0.15) is 0 Å². The number of halogens is 1. The summed E-state index contributed by atoms with van der Waals surface area (Å²) in [6, 6.07) is 17.3. The van der Waals surface area contributed by atoms with E-state index in [2.05, 4.69) is 15.1 Å². The maximum absolute atomic E-state index is 12.7. The van der Waals surface area contributed by atoms with Crippen LogP contribution in [0.2, 0.25) is 5.02 Å². The van der Waals surface area contributed by atoms with Crippen molar-refractivity contribution in [1.82, 2.24) is 14.7 Å². The number of nitrogens with one attached hydrogen (secondary N) is 1. The number of amides is 2. The molecular formula is C23H29ClN4O2. The first kappa shape index (κ1) is 22.3. The molecule has 0 spiro atoms. The Morgan fingerprint density at radius 1 is 0.967 bits per heavy atom. The van der Waals surface area contributed by atoms with Gasteiger partial charge < -0.3 is 10.2 Å². The summed E-state index contributed by atoms with van der Waals surface area (Å²) in [5.41, 5.74) is 1.76. The summed E-state index contributed by atoms with van der Waals surface area (Å²) in [5.74, 6) is 0.0281. The monoisotopic (exact) mass is 428 g/mol. The summed E-state index contributed by atoms with van der Waals surface area (Å²) < 4.78 is 0. The molecule has 1 atom stereocenters. The van der Waals surface area contributed by atoms with Crippen molar-refractivity contribution in [2.24, 2.45) is 0 Å². The minimum Gasteiger partial charge on any atom is -0.338 e. The van der Waals surface area contributed by atoms with Gasteiger partial charge in [0, 0.05) is 33.2 Å². The average molecular weight is 429 g/mol. The van der Waals surface area contributed by atoms with Gasteiger partial charge in [0.25, 0.3) is 0 Å². The van der Waals surface area contributed by atoms with Crippen molar-refractivity contribution in [2.75, 3.05) is 51.6 Å². The van der Waals surface area contributed by atoms with E-state index in [1.807, 2.05) is 56.4 Å². The lowest BCUT2D eigenvalue weighted by Gasteiger charge is -2.35. The first-order valence-electron chi connectivity index (χ1n) is 10.2. The lowest BCUT2D eigenvalue weighted by molar-refractivity contribution is -0.133. The molecule has 0 aromatic heterocycles. The van der Waals surface area contributed by atoms with Crippen LogP contribution in [-0.4, -0.2) is 72.8 Å². The Bertz CT molecular complexity index is 853. The van der Waals surface area contributed by atoms with Crippen LogP contribution < -0.4 is 5.32 Å². The van der Waals surface area contributed by atoms with Crippen molar-refractivity contribution in [2.45, 2.75) is 13.0 Å². The SMILES string of the molecule is C[C@@H](c1ccccc1)N(C)C(=O)CN1CCN(CC(=O)Nc2ccccc2Cl)CC1. The minimum absolute atomic E-state index is 0.0356. The van der Waals surface area contributed by atoms with Crippen molar-refractivity contribution in [1.29, 1.82) is 0 Å². The van der Waals surface area contributed by atoms with E-state index in [1.54, 1.807) is 17.0 Å². The van der Waals surface area contributed by atoms with Crippen LogP contribution in [0.4, 0.5) is 5.69 Å². The van der Waals surface area contributed by atoms with Gasteiger partial charge in [-0.15, -0.1) is 0 Å². The second-order valence-corrected chi connectivity index (χ2v) is 8.08. The highest BCUT2D eigenvalue weighted by atomic mass is 35.5. The summed E-state index contributed by atoms with van der Waals surface area (Å²) in [6.07, 6.45) is 0. The molecule has 1 N–H and O–H groups in total. The molecule has 0 unspecified atom stereocenters. The molecule has 2 amide bonds. The molecular weight excluding hydrogens is 400 g/mol. The van der Waals surface area contributed by atoms with Gasteiger partial charge in [0.1, 0.15) is 0 Å². The maximum atomic E-state index is 12.7. The summed E-state index contributed by atoms with van der Waals surface area (Å²) in [6.45, 7) is 5.79. The Balaban J connectivity index is 1.42. The predicted octanol–water partition coefficient (Wildman–Crippen LogP) is 3.12. The van der Waals surface area contributed by atoms with Gasteiger partial charge in [-0.25, -0.2) is 0 Å². The smallest absolute Gasteiger partial charge is 0.238 e. The highest BCUT2D eigenvalue weighted by molar-refractivity contribution is 6.33. The lowest BCUT2D eigenvalue weighted by atomic mass is 10.1. The van der Waals surface area contributed by atoms with Gasteiger partial charge in [0.2, 0.25) is 11.8 Å². The molecule has 1 heterocycles. The second-order valence-electron chi connectivity index (χ2n) is 7.67. The first-order valence-corrected chi connectivity index (χ1v) is 10.6. The predicted molar refractivity (Wildman–Crippen MR) is 121 cm³/mol. The van der Waals surface area contributed by atoms with E-state index < -0.39 is 0 Å². The van der Waals surface area contributed by atoms with E-state index in [-0.39, 0.29) is 17.9 Å². The third-order valence-corrected chi connectivity index (χ3v) is 5.92. The zero-order valence-electron chi connectivity index (χ0n) is 17.6. The molecule has 0 radical (unpaired) electrons. The molecule has 3 rings (SSSR count). The number of likely N-dealkylation sites (N-methyl/N-ethyl adjacent to an activating group) is 1. The van der Waals surface area contributed by atoms with Gasteiger partial charge in [-0.05, 0) is 24.6 Å². The summed E-state index contributed by atoms with van der Waals surface area (Å²) in [7, 11) is 1.86. The average Bonchev–Trinajstić information content (AvgIpc) is 2.76. The molecule has 0 bridgehead atoms. The molecule has 2 aromatic rings. The number of hydrogen-bond acceptors (Lipinski definition) is 4. The van der Waals surface area contributed by atoms with E-state index in [1.165, 1.54) is 0 Å². The molecule has 1 aliphatic rings. The fourth-order valence-electron chi connectivity index (χ4n) is 3.53. The Hall–Kier alpha value is -2.41. The third kappa shape index (κ3) is 6.05. The second kappa shape index (κ2) is 10.6. The highest BCUT2D eigenvalue weighted by Gasteiger charge is 2.24. The Morgan fingerprint density at radius 2 is 1.53 bits per heavy atom. The maximum Gasteiger partial charge on any atom is 0.238 e. The molecule has 30 heavy (non-hydrogen) atoms. The number of carbonyl (C=O) groups is 2. The van der Waals surface area contributed by atoms with Crippen LogP contribution in [0.3, 0.4) is 0 Å². The van der Waals surface area contributed by atoms with E-state index >= 15 is 0 Å². The van der Waals surface area contributed by atoms with Crippen LogP contribution in [0.1, 0.15) is 18.5 Å². The number of rotatable bonds is 7. The molecule has 6 nitrogen and oxygen atoms in total. The topological polar surface area (TPSA) is 55.9 Å². The molecule has 160 valence electrons. The number of anilines is 1. The Morgan fingerprint density at radius 3 is 2.17 bits per heavy atom. The Kier molecular flexibility index (Phi) is 7.85. The van der Waals surface area contributed by atoms with Gasteiger partial charge in [0.05, 0.1) is 29.8 Å². The van der Waals surface area contributed by atoms with Gasteiger partial charge >= 0.3 is 0 Å². The first-order chi connectivity index (χ1) is 14.4. The van der Waals surface area contributed by atoms with Crippen LogP contribution in [0.25, 0.3) is 0 Å². The summed E-state index contributed by atoms with van der Waals surface area (Å²) in [4.78, 5) is 31.1. The van der Waals surface area contributed by atoms with Crippen molar-refractivity contribution < 1.29 is 9.59 Å². The number of hydrogen-bond donors (Lipinski definition) is 1. The summed E-state index contributed by atoms with van der Waals surface area (Å²) >= 11 is 6.09. The van der Waals surface area contributed by atoms with Crippen LogP contribution in [0.15, 0.2) is 54.6 Å². The molecule has 0 saturated carbocycles. The molecule has 1 aliphatic heterocycles. The van der Waals surface area contributed by atoms with Crippen molar-refractivity contribution in [3.05, 3.63) is 65.2 Å². The fourth-order valence-corrected chi connectivity index (χ4v) is 3.72. The van der Waals surface area contributed by atoms with E-state index in [0.717, 1.165) is 31.7 Å². The van der Waals surface area contributed by atoms with Crippen molar-refractivity contribution >= 4 is 29.1 Å². The van der Waals surface area contributed by atoms with E-state index in [0.29, 0.717) is 23.8 Å². The van der Waals surface area contributed by atoms with E-state index in [4.69, 9.17) is 11.6 Å². The van der Waals surface area contributed by atoms with Gasteiger partial charge in [-0.1, -0.05) is 54.1 Å². The minimum atomic E-state index is -0.0796. The van der Waals surface area contributed by atoms with Crippen molar-refractivity contribution in [3.63, 3.8) is 0 Å². The number of para-hydroxylation sites is 1. The normalized spacial score (nSPS) is 16.1. The summed E-state index contributed by atoms with van der Waals surface area (Å²) in [5, 5.41) is 3.39. The zero-order chi connectivity index (χ0) is 21.5. The molecule has 1 fully saturated rings. The standard InChI is InChI=1S/C23H29ClN4O2/c1-18(19-8-4-3-5-9-19)26(2)23(30)17-28-14-12-27(13-15-28)16-22(29)25-21-11-7-6-10-20(21)24/h3-11,18H,12-17H2,1-2H3,(H,25,29)/t18-/m0/s1. The quantitative estimate of drug-likeness (QED) is 0.736. The molecule has 7 heteroatoms. The number of nitrogens with zero attached hydrogens (tertiary/aromatic N) is 3. The van der Waals surface area contributed by atoms with Crippen LogP contribution in [0, 0.1) is 0 Å². The van der Waals surface area contributed by atoms with Gasteiger partial charge in [-0.3, -0.25) is 19.4 Å². The van der Waals surface area contributed by atoms with Crippen LogP contribution >= 0.6 is 11.6 Å². The number of piperazine rings is 1. The largest absolute Gasteiger partial charge is 0.338 e. The lowest BCUT2D eigenvalue weighted by Crippen LogP contribution is -2.51. The van der Waals surface area contributed by atoms with Crippen LogP contribution in [-0.2, 0) is 9.59 Å². The number of benzene rings is 2. The van der Waals surface area contributed by atoms with E-state index in [9.17, 15) is 9.59 Å². The zero-order valence-corrected chi connectivity index (χ0v) is 18.3. The fraction of sp³-hybridized carbons (Fsp3) is 0.391. The highest BCUT2D eigenvalue weighted by Crippen LogP contribution is 2.20. The van der Waals surface area contributed by atoms with Crippen LogP contribution in [0.5, 0.6) is 0 Å².